The molecule has 6 nitrogen and oxygen atoms in total. The van der Waals surface area contributed by atoms with Crippen LogP contribution < -0.4 is 5.32 Å². The molecule has 0 radical (unpaired) electrons. The van der Waals surface area contributed by atoms with Crippen molar-refractivity contribution in [3.63, 3.8) is 0 Å². The van der Waals surface area contributed by atoms with Crippen LogP contribution in [0.25, 0.3) is 10.9 Å². The molecule has 0 saturated carbocycles. The SMILES string of the molecule is CC(=O)N(CCNC(=O)Cc1c[nH]c2ccccc12)Cc1ccco1. The third-order valence-electron chi connectivity index (χ3n) is 4.10. The minimum atomic E-state index is -0.0637. The summed E-state index contributed by atoms with van der Waals surface area (Å²) >= 11 is 0. The van der Waals surface area contributed by atoms with E-state index in [0.29, 0.717) is 26.1 Å². The molecule has 6 heteroatoms. The van der Waals surface area contributed by atoms with E-state index in [0.717, 1.165) is 22.2 Å². The lowest BCUT2D eigenvalue weighted by Gasteiger charge is -2.20. The van der Waals surface area contributed by atoms with Crippen LogP contribution in [0.15, 0.2) is 53.3 Å². The van der Waals surface area contributed by atoms with Crippen molar-refractivity contribution in [1.82, 2.24) is 15.2 Å². The number of amides is 2. The van der Waals surface area contributed by atoms with Gasteiger partial charge in [-0.1, -0.05) is 18.2 Å². The highest BCUT2D eigenvalue weighted by Crippen LogP contribution is 2.17. The van der Waals surface area contributed by atoms with Gasteiger partial charge in [-0.15, -0.1) is 0 Å². The monoisotopic (exact) mass is 339 g/mol. The van der Waals surface area contributed by atoms with Gasteiger partial charge in [0.15, 0.2) is 0 Å². The lowest BCUT2D eigenvalue weighted by molar-refractivity contribution is -0.130. The Morgan fingerprint density at radius 2 is 2.04 bits per heavy atom. The van der Waals surface area contributed by atoms with Crippen molar-refractivity contribution in [2.45, 2.75) is 19.9 Å². The van der Waals surface area contributed by atoms with Crippen LogP contribution in [0.2, 0.25) is 0 Å². The minimum absolute atomic E-state index is 0.0534. The Bertz CT molecular complexity index is 852. The maximum atomic E-state index is 12.2. The number of hydrogen-bond acceptors (Lipinski definition) is 3. The highest BCUT2D eigenvalue weighted by molar-refractivity contribution is 5.88. The molecule has 2 amide bonds. The molecule has 25 heavy (non-hydrogen) atoms. The van der Waals surface area contributed by atoms with Gasteiger partial charge in [0.25, 0.3) is 0 Å². The molecule has 0 bridgehead atoms. The summed E-state index contributed by atoms with van der Waals surface area (Å²) < 4.78 is 5.27. The third kappa shape index (κ3) is 4.29. The van der Waals surface area contributed by atoms with Gasteiger partial charge in [0.1, 0.15) is 5.76 Å². The molecule has 0 aliphatic rings. The van der Waals surface area contributed by atoms with Crippen LogP contribution in [-0.4, -0.2) is 34.8 Å². The number of aromatic nitrogens is 1. The summed E-state index contributed by atoms with van der Waals surface area (Å²) in [7, 11) is 0. The van der Waals surface area contributed by atoms with Gasteiger partial charge < -0.3 is 19.6 Å². The fraction of sp³-hybridized carbons (Fsp3) is 0.263. The molecule has 130 valence electrons. The Balaban J connectivity index is 1.50. The van der Waals surface area contributed by atoms with E-state index in [1.165, 1.54) is 6.92 Å². The molecule has 0 saturated heterocycles. The molecular formula is C19H21N3O3. The fourth-order valence-corrected chi connectivity index (χ4v) is 2.78. The highest BCUT2D eigenvalue weighted by atomic mass is 16.3. The number of hydrogen-bond donors (Lipinski definition) is 2. The topological polar surface area (TPSA) is 78.3 Å². The van der Waals surface area contributed by atoms with Crippen LogP contribution in [0.1, 0.15) is 18.2 Å². The molecule has 2 N–H and O–H groups in total. The predicted molar refractivity (Wildman–Crippen MR) is 94.8 cm³/mol. The summed E-state index contributed by atoms with van der Waals surface area (Å²) in [5.41, 5.74) is 1.98. The molecule has 0 spiro atoms. The number of para-hydroxylation sites is 1. The van der Waals surface area contributed by atoms with Gasteiger partial charge in [-0.2, -0.15) is 0 Å². The van der Waals surface area contributed by atoms with Crippen LogP contribution >= 0.6 is 0 Å². The van der Waals surface area contributed by atoms with Gasteiger partial charge in [-0.05, 0) is 23.8 Å². The molecule has 3 aromatic rings. The van der Waals surface area contributed by atoms with Crippen LogP contribution in [0.3, 0.4) is 0 Å². The van der Waals surface area contributed by atoms with Gasteiger partial charge in [-0.25, -0.2) is 0 Å². The van der Waals surface area contributed by atoms with Crippen molar-refractivity contribution in [3.8, 4) is 0 Å². The van der Waals surface area contributed by atoms with E-state index < -0.39 is 0 Å². The number of nitrogens with zero attached hydrogens (tertiary/aromatic N) is 1. The number of fused-ring (bicyclic) bond motifs is 1. The molecule has 3 rings (SSSR count). The van der Waals surface area contributed by atoms with Crippen LogP contribution in [0, 0.1) is 0 Å². The number of aromatic amines is 1. The quantitative estimate of drug-likeness (QED) is 0.694. The molecule has 1 aromatic carbocycles. The average Bonchev–Trinajstić information content (AvgIpc) is 3.24. The van der Waals surface area contributed by atoms with Crippen molar-refractivity contribution < 1.29 is 14.0 Å². The Kier molecular flexibility index (Phi) is 5.18. The Hall–Kier alpha value is -3.02. The minimum Gasteiger partial charge on any atom is -0.467 e. The molecular weight excluding hydrogens is 318 g/mol. The number of benzene rings is 1. The van der Waals surface area contributed by atoms with E-state index in [4.69, 9.17) is 4.42 Å². The first-order valence-corrected chi connectivity index (χ1v) is 8.23. The maximum Gasteiger partial charge on any atom is 0.224 e. The van der Waals surface area contributed by atoms with E-state index >= 15 is 0 Å². The summed E-state index contributed by atoms with van der Waals surface area (Å²) in [4.78, 5) is 28.7. The van der Waals surface area contributed by atoms with Gasteiger partial charge in [-0.3, -0.25) is 9.59 Å². The first-order valence-electron chi connectivity index (χ1n) is 8.23. The summed E-state index contributed by atoms with van der Waals surface area (Å²) in [6, 6.07) is 11.5. The Morgan fingerprint density at radius 3 is 2.80 bits per heavy atom. The van der Waals surface area contributed by atoms with Crippen molar-refractivity contribution in [2.75, 3.05) is 13.1 Å². The number of nitrogens with one attached hydrogen (secondary N) is 2. The van der Waals surface area contributed by atoms with E-state index in [1.807, 2.05) is 36.5 Å². The summed E-state index contributed by atoms with van der Waals surface area (Å²) in [6.07, 6.45) is 3.75. The Morgan fingerprint density at radius 1 is 1.20 bits per heavy atom. The molecule has 0 aliphatic heterocycles. The zero-order valence-corrected chi connectivity index (χ0v) is 14.1. The average molecular weight is 339 g/mol. The normalized spacial score (nSPS) is 10.8. The molecule has 2 aromatic heterocycles. The predicted octanol–water partition coefficient (Wildman–Crippen LogP) is 2.47. The second kappa shape index (κ2) is 7.70. The van der Waals surface area contributed by atoms with E-state index in [9.17, 15) is 9.59 Å². The molecule has 0 aliphatic carbocycles. The zero-order chi connectivity index (χ0) is 17.6. The molecule has 0 unspecified atom stereocenters. The van der Waals surface area contributed by atoms with E-state index in [2.05, 4.69) is 10.3 Å². The second-order valence-corrected chi connectivity index (χ2v) is 5.91. The first-order chi connectivity index (χ1) is 12.1. The van der Waals surface area contributed by atoms with Crippen molar-refractivity contribution in [1.29, 1.82) is 0 Å². The summed E-state index contributed by atoms with van der Waals surface area (Å²) in [5, 5.41) is 3.93. The molecule has 0 fully saturated rings. The Labute approximate surface area is 145 Å². The van der Waals surface area contributed by atoms with Crippen molar-refractivity contribution in [2.24, 2.45) is 0 Å². The number of furan rings is 1. The number of H-pyrrole nitrogens is 1. The van der Waals surface area contributed by atoms with Crippen LogP contribution in [0.5, 0.6) is 0 Å². The summed E-state index contributed by atoms with van der Waals surface area (Å²) in [5.74, 6) is 0.605. The number of carbonyl (C=O) groups is 2. The lowest BCUT2D eigenvalue weighted by Crippen LogP contribution is -2.37. The summed E-state index contributed by atoms with van der Waals surface area (Å²) in [6.45, 7) is 2.76. The molecule has 0 atom stereocenters. The molecule has 2 heterocycles. The smallest absolute Gasteiger partial charge is 0.224 e. The van der Waals surface area contributed by atoms with Gasteiger partial charge in [0, 0.05) is 37.1 Å². The van der Waals surface area contributed by atoms with Gasteiger partial charge in [0.05, 0.1) is 19.2 Å². The van der Waals surface area contributed by atoms with Gasteiger partial charge >= 0.3 is 0 Å². The zero-order valence-electron chi connectivity index (χ0n) is 14.1. The van der Waals surface area contributed by atoms with E-state index in [-0.39, 0.29) is 11.8 Å². The van der Waals surface area contributed by atoms with Crippen molar-refractivity contribution in [3.05, 3.63) is 60.2 Å². The fourth-order valence-electron chi connectivity index (χ4n) is 2.78. The van der Waals surface area contributed by atoms with Crippen LogP contribution in [0.4, 0.5) is 0 Å². The number of carbonyl (C=O) groups excluding carboxylic acids is 2. The van der Waals surface area contributed by atoms with Crippen LogP contribution in [-0.2, 0) is 22.6 Å². The second-order valence-electron chi connectivity index (χ2n) is 5.91. The first kappa shape index (κ1) is 16.8. The maximum absolute atomic E-state index is 12.2. The van der Waals surface area contributed by atoms with E-state index in [1.54, 1.807) is 17.2 Å². The lowest BCUT2D eigenvalue weighted by atomic mass is 10.1. The van der Waals surface area contributed by atoms with Gasteiger partial charge in [0.2, 0.25) is 11.8 Å². The third-order valence-corrected chi connectivity index (χ3v) is 4.10. The van der Waals surface area contributed by atoms with Crippen molar-refractivity contribution >= 4 is 22.7 Å². The largest absolute Gasteiger partial charge is 0.467 e. The highest BCUT2D eigenvalue weighted by Gasteiger charge is 2.12. The standard InChI is InChI=1S/C19H21N3O3/c1-14(23)22(13-16-5-4-10-25-16)9-8-20-19(24)11-15-12-21-18-7-3-2-6-17(15)18/h2-7,10,12,21H,8-9,11,13H2,1H3,(H,20,24). The number of rotatable bonds is 7.